The van der Waals surface area contributed by atoms with Crippen LogP contribution < -0.4 is 31.1 Å². The minimum Gasteiger partial charge on any atom is -0.311 e. The first-order valence-electron chi connectivity index (χ1n) is 32.7. The number of hydrogen-bond donors (Lipinski definition) is 0. The van der Waals surface area contributed by atoms with Gasteiger partial charge in [-0.3, -0.25) is 0 Å². The molecule has 0 saturated carbocycles. The van der Waals surface area contributed by atoms with Crippen LogP contribution in [0.25, 0.3) is 11.1 Å². The molecule has 0 amide bonds. The van der Waals surface area contributed by atoms with Gasteiger partial charge in [-0.05, 0) is 203 Å². The van der Waals surface area contributed by atoms with Crippen LogP contribution in [0.3, 0.4) is 0 Å². The SMILES string of the molecule is [2H]C([2H])([2H])c1cc2c3c(c1)N(c1ccc(C(C)(C)C)cc1-c1ccccc1)c1cc(N(c4ccc(C(C)(C)C)cc4)c4ccc(C(C)(C)C)cc4)ccc1B3c1cc3c(cc1N2c1cc2c(cc1C)C(C)(C)CC2(C)C)C(C)(C)c1ccccc1C3(C)C. The van der Waals surface area contributed by atoms with Crippen molar-refractivity contribution in [3.8, 4) is 11.1 Å². The van der Waals surface area contributed by atoms with Crippen molar-refractivity contribution in [1.29, 1.82) is 0 Å². The Hall–Kier alpha value is -7.56. The molecule has 13 rings (SSSR count). The average Bonchev–Trinajstić information content (AvgIpc) is 0.766. The van der Waals surface area contributed by atoms with Crippen LogP contribution in [-0.2, 0) is 37.9 Å². The molecule has 9 aromatic rings. The van der Waals surface area contributed by atoms with Gasteiger partial charge in [0.15, 0.2) is 0 Å². The van der Waals surface area contributed by atoms with Crippen LogP contribution in [0.1, 0.15) is 189 Å². The topological polar surface area (TPSA) is 9.72 Å². The molecule has 4 heteroatoms. The van der Waals surface area contributed by atoms with Gasteiger partial charge in [-0.15, -0.1) is 0 Å². The molecule has 0 N–H and O–H groups in total. The maximum atomic E-state index is 9.54. The fraction of sp³-hybridized carbons (Fsp3) is 0.333. The number of benzene rings is 9. The molecule has 0 saturated heterocycles. The van der Waals surface area contributed by atoms with E-state index in [0.717, 1.165) is 85.2 Å². The van der Waals surface area contributed by atoms with Crippen molar-refractivity contribution >= 4 is 74.3 Å². The Labute approximate surface area is 514 Å². The van der Waals surface area contributed by atoms with Crippen molar-refractivity contribution in [3.05, 3.63) is 237 Å². The van der Waals surface area contributed by atoms with Crippen molar-refractivity contribution in [3.63, 3.8) is 0 Å². The summed E-state index contributed by atoms with van der Waals surface area (Å²) in [7, 11) is 0. The minimum atomic E-state index is -2.46. The number of anilines is 9. The highest BCUT2D eigenvalue weighted by Crippen LogP contribution is 2.56. The van der Waals surface area contributed by atoms with Gasteiger partial charge in [0, 0.05) is 66.0 Å². The molecule has 2 aliphatic carbocycles. The molecule has 0 spiro atoms. The Bertz CT molecular complexity index is 4240. The normalized spacial score (nSPS) is 17.3. The molecule has 3 nitrogen and oxygen atoms in total. The smallest absolute Gasteiger partial charge is 0.252 e. The molecule has 0 bridgehead atoms. The number of aryl methyl sites for hydroxylation is 2. The lowest BCUT2D eigenvalue weighted by molar-refractivity contribution is 0.403. The molecule has 430 valence electrons. The zero-order valence-electron chi connectivity index (χ0n) is 56.9. The largest absolute Gasteiger partial charge is 0.311 e. The van der Waals surface area contributed by atoms with E-state index >= 15 is 0 Å². The molecule has 85 heavy (non-hydrogen) atoms. The summed E-state index contributed by atoms with van der Waals surface area (Å²) in [6.07, 6.45) is 1.03. The minimum absolute atomic E-state index is 0.0150. The third-order valence-electron chi connectivity index (χ3n) is 20.2. The standard InChI is InChI=1S/C81H88BN3/c1-50-41-72-74-73(42-50)85(69-47-63-62(43-51(69)2)78(12,13)49-79(63,14)15)71-48-65-64(80(16,17)60-27-23-24-28-61(60)81(65,18)19)46-67(71)82(74)66-39-38-58(45-70(66)84(72)68-40-33-55(77(9,10)11)44-59(68)52-25-21-20-22-26-52)83(56-34-29-53(30-35-56)75(3,4)5)57-36-31-54(32-37-57)76(6,7)8/h20-48H,49H2,1-19H3/i1D3. The third kappa shape index (κ3) is 8.96. The third-order valence-corrected chi connectivity index (χ3v) is 20.2. The summed E-state index contributed by atoms with van der Waals surface area (Å²) in [4.78, 5) is 7.36. The van der Waals surface area contributed by atoms with Gasteiger partial charge in [0.05, 0.1) is 5.69 Å². The second-order valence-electron chi connectivity index (χ2n) is 30.9. The van der Waals surface area contributed by atoms with Gasteiger partial charge in [0.25, 0.3) is 6.71 Å². The van der Waals surface area contributed by atoms with E-state index in [4.69, 9.17) is 0 Å². The van der Waals surface area contributed by atoms with Crippen molar-refractivity contribution in [1.82, 2.24) is 0 Å². The molecule has 2 aliphatic heterocycles. The van der Waals surface area contributed by atoms with Gasteiger partial charge in [-0.2, -0.15) is 0 Å². The van der Waals surface area contributed by atoms with Crippen molar-refractivity contribution in [2.45, 2.75) is 176 Å². The van der Waals surface area contributed by atoms with E-state index in [1.165, 1.54) is 55.5 Å². The fourth-order valence-corrected chi connectivity index (χ4v) is 15.6. The van der Waals surface area contributed by atoms with E-state index in [0.29, 0.717) is 5.56 Å². The molecule has 0 atom stereocenters. The van der Waals surface area contributed by atoms with E-state index in [-0.39, 0.29) is 44.6 Å². The Morgan fingerprint density at radius 1 is 0.412 bits per heavy atom. The van der Waals surface area contributed by atoms with E-state index in [9.17, 15) is 4.11 Å². The molecular weight excluding hydrogens is 1030 g/mol. The van der Waals surface area contributed by atoms with Gasteiger partial charge in [0.1, 0.15) is 0 Å². The van der Waals surface area contributed by atoms with Gasteiger partial charge in [-0.1, -0.05) is 221 Å². The Balaban J connectivity index is 1.18. The quantitative estimate of drug-likeness (QED) is 0.154. The fourth-order valence-electron chi connectivity index (χ4n) is 15.6. The van der Waals surface area contributed by atoms with Gasteiger partial charge in [-0.25, -0.2) is 0 Å². The van der Waals surface area contributed by atoms with E-state index < -0.39 is 6.85 Å². The first-order chi connectivity index (χ1) is 41.1. The number of rotatable bonds is 6. The molecule has 0 aromatic heterocycles. The highest BCUT2D eigenvalue weighted by molar-refractivity contribution is 7.00. The molecule has 4 aliphatic rings. The van der Waals surface area contributed by atoms with Crippen LogP contribution in [0.2, 0.25) is 0 Å². The predicted octanol–water partition coefficient (Wildman–Crippen LogP) is 20.3. The number of hydrogen-bond acceptors (Lipinski definition) is 3. The van der Waals surface area contributed by atoms with Crippen LogP contribution in [-0.4, -0.2) is 6.71 Å². The Morgan fingerprint density at radius 3 is 1.42 bits per heavy atom. The van der Waals surface area contributed by atoms with E-state index in [1.54, 1.807) is 0 Å². The zero-order chi connectivity index (χ0) is 63.0. The Morgan fingerprint density at radius 2 is 0.882 bits per heavy atom. The predicted molar refractivity (Wildman–Crippen MR) is 368 cm³/mol. The van der Waals surface area contributed by atoms with Crippen LogP contribution in [0.4, 0.5) is 51.2 Å². The van der Waals surface area contributed by atoms with E-state index in [2.05, 4.69) is 303 Å². The lowest BCUT2D eigenvalue weighted by atomic mass is 9.33. The first-order valence-corrected chi connectivity index (χ1v) is 31.2. The van der Waals surface area contributed by atoms with Gasteiger partial charge in [0.2, 0.25) is 0 Å². The van der Waals surface area contributed by atoms with Gasteiger partial charge < -0.3 is 14.7 Å². The summed E-state index contributed by atoms with van der Waals surface area (Å²) >= 11 is 0. The van der Waals surface area contributed by atoms with Crippen molar-refractivity contribution in [2.75, 3.05) is 14.7 Å². The molecule has 9 aromatic carbocycles. The molecule has 2 heterocycles. The molecule has 0 fully saturated rings. The van der Waals surface area contributed by atoms with Crippen LogP contribution in [0, 0.1) is 13.8 Å². The number of fused-ring (bicyclic) bond motifs is 7. The summed E-state index contributed by atoms with van der Waals surface area (Å²) in [5, 5.41) is 0. The summed E-state index contributed by atoms with van der Waals surface area (Å²) in [6, 6.07) is 66.4. The van der Waals surface area contributed by atoms with E-state index in [1.807, 2.05) is 12.1 Å². The Kier molecular flexibility index (Phi) is 11.8. The molecule has 0 radical (unpaired) electrons. The highest BCUT2D eigenvalue weighted by Gasteiger charge is 2.50. The molecule has 0 unspecified atom stereocenters. The van der Waals surface area contributed by atoms with Crippen molar-refractivity contribution < 1.29 is 4.11 Å². The van der Waals surface area contributed by atoms with Crippen LogP contribution in [0.5, 0.6) is 0 Å². The number of nitrogens with zero attached hydrogens (tertiary/aromatic N) is 3. The molecular formula is C81H88BN3. The first kappa shape index (κ1) is 53.0. The van der Waals surface area contributed by atoms with Crippen molar-refractivity contribution in [2.24, 2.45) is 0 Å². The second kappa shape index (κ2) is 19.0. The van der Waals surface area contributed by atoms with Crippen LogP contribution in [0.15, 0.2) is 176 Å². The maximum absolute atomic E-state index is 9.54. The summed E-state index contributed by atoms with van der Waals surface area (Å²) < 4.78 is 28.6. The second-order valence-corrected chi connectivity index (χ2v) is 30.9. The zero-order valence-corrected chi connectivity index (χ0v) is 53.9. The monoisotopic (exact) mass is 1120 g/mol. The highest BCUT2D eigenvalue weighted by atomic mass is 15.2. The summed E-state index contributed by atoms with van der Waals surface area (Å²) in [6.45, 7) is 39.2. The maximum Gasteiger partial charge on any atom is 0.252 e. The lowest BCUT2D eigenvalue weighted by Crippen LogP contribution is -2.62. The summed E-state index contributed by atoms with van der Waals surface area (Å²) in [5.74, 6) is 0. The summed E-state index contributed by atoms with van der Waals surface area (Å²) in [5.41, 5.74) is 26.9. The van der Waals surface area contributed by atoms with Crippen LogP contribution >= 0.6 is 0 Å². The average molecular weight is 1120 g/mol. The van der Waals surface area contributed by atoms with Gasteiger partial charge >= 0.3 is 0 Å². The lowest BCUT2D eigenvalue weighted by Gasteiger charge is -2.48.